The molecule has 0 atom stereocenters. The lowest BCUT2D eigenvalue weighted by atomic mass is 9.90. The van der Waals surface area contributed by atoms with Crippen molar-refractivity contribution < 1.29 is 15.0 Å². The van der Waals surface area contributed by atoms with E-state index in [4.69, 9.17) is 26.6 Å². The van der Waals surface area contributed by atoms with Gasteiger partial charge in [-0.3, -0.25) is 9.59 Å². The summed E-state index contributed by atoms with van der Waals surface area (Å²) >= 11 is 6.11. The molecular weight excluding hydrogens is 474 g/mol. The summed E-state index contributed by atoms with van der Waals surface area (Å²) in [6.45, 7) is 9.84. The third-order valence-corrected chi connectivity index (χ3v) is 5.55. The van der Waals surface area contributed by atoms with Crippen molar-refractivity contribution in [2.24, 2.45) is 0 Å². The first kappa shape index (κ1) is 28.8. The van der Waals surface area contributed by atoms with Crippen LogP contribution in [-0.2, 0) is 17.8 Å². The Morgan fingerprint density at radius 2 is 1.53 bits per heavy atom. The Kier molecular flexibility index (Phi) is 10.5. The molecule has 0 bridgehead atoms. The van der Waals surface area contributed by atoms with E-state index < -0.39 is 5.60 Å². The zero-order valence-corrected chi connectivity index (χ0v) is 22.2. The topological polar surface area (TPSA) is 79.5 Å². The molecule has 0 fully saturated rings. The summed E-state index contributed by atoms with van der Waals surface area (Å²) < 4.78 is 1.87. The highest BCUT2D eigenvalue weighted by Crippen LogP contribution is 2.35. The summed E-state index contributed by atoms with van der Waals surface area (Å²) in [7, 11) is 0. The van der Waals surface area contributed by atoms with Gasteiger partial charge < -0.3 is 14.8 Å². The summed E-state index contributed by atoms with van der Waals surface area (Å²) in [5.41, 5.74) is 6.42. The summed E-state index contributed by atoms with van der Waals surface area (Å²) in [4.78, 5) is 21.1. The fourth-order valence-corrected chi connectivity index (χ4v) is 4.07. The molecule has 190 valence electrons. The molecule has 1 aromatic heterocycles. The summed E-state index contributed by atoms with van der Waals surface area (Å²) in [6, 6.07) is 23.9. The fourth-order valence-electron chi connectivity index (χ4n) is 3.94. The van der Waals surface area contributed by atoms with Gasteiger partial charge in [0.1, 0.15) is 0 Å². The van der Waals surface area contributed by atoms with Gasteiger partial charge in [-0.15, -0.1) is 0 Å². The van der Waals surface area contributed by atoms with Crippen LogP contribution >= 0.6 is 11.6 Å². The van der Waals surface area contributed by atoms with E-state index in [2.05, 4.69) is 44.2 Å². The second kappa shape index (κ2) is 13.1. The van der Waals surface area contributed by atoms with E-state index >= 15 is 0 Å². The van der Waals surface area contributed by atoms with Crippen molar-refractivity contribution in [1.82, 2.24) is 4.57 Å². The molecule has 4 rings (SSSR count). The number of hydrogen-bond donors (Lipinski definition) is 2. The van der Waals surface area contributed by atoms with Crippen LogP contribution in [0.25, 0.3) is 22.0 Å². The molecule has 0 aliphatic heterocycles. The Bertz CT molecular complexity index is 1330. The molecule has 0 unspecified atom stereocenters. The molecule has 0 spiro atoms. The number of pyridine rings is 1. The van der Waals surface area contributed by atoms with Gasteiger partial charge in [-0.1, -0.05) is 61.0 Å². The van der Waals surface area contributed by atoms with Crippen LogP contribution in [0.2, 0.25) is 5.02 Å². The van der Waals surface area contributed by atoms with Gasteiger partial charge in [0.15, 0.2) is 0 Å². The molecule has 2 N–H and O–H groups in total. The highest BCUT2D eigenvalue weighted by Gasteiger charge is 2.15. The highest BCUT2D eigenvalue weighted by molar-refractivity contribution is 6.30. The summed E-state index contributed by atoms with van der Waals surface area (Å²) in [5.74, 6) is 0. The lowest BCUT2D eigenvalue weighted by Gasteiger charge is -2.19. The van der Waals surface area contributed by atoms with Crippen molar-refractivity contribution in [2.75, 3.05) is 0 Å². The van der Waals surface area contributed by atoms with Crippen LogP contribution in [-0.4, -0.2) is 26.9 Å². The first-order valence-electron chi connectivity index (χ1n) is 11.8. The number of benzene rings is 3. The molecule has 3 aromatic carbocycles. The number of aromatic nitrogens is 1. The Morgan fingerprint density at radius 1 is 0.972 bits per heavy atom. The number of fused-ring (bicyclic) bond motifs is 1. The van der Waals surface area contributed by atoms with Crippen molar-refractivity contribution in [1.29, 1.82) is 0 Å². The van der Waals surface area contributed by atoms with Gasteiger partial charge in [-0.05, 0) is 86.2 Å². The Hall–Kier alpha value is -3.41. The van der Waals surface area contributed by atoms with E-state index in [1.54, 1.807) is 26.8 Å². The van der Waals surface area contributed by atoms with Gasteiger partial charge in [0.25, 0.3) is 12.0 Å². The van der Waals surface area contributed by atoms with Crippen molar-refractivity contribution in [2.45, 2.75) is 53.2 Å². The minimum absolute atomic E-state index is 0.0158. The number of halogens is 1. The second-order valence-electron chi connectivity index (χ2n) is 9.36. The quantitative estimate of drug-likeness (QED) is 0.300. The van der Waals surface area contributed by atoms with Crippen LogP contribution in [0.1, 0.15) is 44.4 Å². The molecule has 0 aliphatic rings. The van der Waals surface area contributed by atoms with Crippen LogP contribution in [0.15, 0.2) is 77.6 Å². The van der Waals surface area contributed by atoms with E-state index in [1.165, 1.54) is 16.7 Å². The molecule has 0 aliphatic carbocycles. The van der Waals surface area contributed by atoms with Crippen LogP contribution in [0.4, 0.5) is 0 Å². The predicted octanol–water partition coefficient (Wildman–Crippen LogP) is 6.72. The number of hydrogen-bond acceptors (Lipinski definition) is 3. The Labute approximate surface area is 217 Å². The number of carboxylic acid groups (broad SMARTS) is 1. The monoisotopic (exact) mass is 507 g/mol. The molecule has 1 heterocycles. The van der Waals surface area contributed by atoms with E-state index in [-0.39, 0.29) is 12.0 Å². The zero-order chi connectivity index (χ0) is 26.9. The first-order chi connectivity index (χ1) is 17.0. The number of aliphatic hydroxyl groups is 1. The van der Waals surface area contributed by atoms with Gasteiger partial charge in [-0.25, -0.2) is 0 Å². The van der Waals surface area contributed by atoms with Crippen LogP contribution < -0.4 is 5.56 Å². The SMILES string of the molecule is CC(C)(C)O.CCc1c(C)cc2c(ccc(=O)n2Cc2ccccc2)c1-c1ccc(Cl)cc1.O=CO. The minimum atomic E-state index is -0.500. The number of carbonyl (C=O) groups is 1. The summed E-state index contributed by atoms with van der Waals surface area (Å²) in [5, 5.41) is 17.2. The Balaban J connectivity index is 0.000000501. The predicted molar refractivity (Wildman–Crippen MR) is 149 cm³/mol. The van der Waals surface area contributed by atoms with E-state index in [9.17, 15) is 4.79 Å². The number of aryl methyl sites for hydroxylation is 1. The molecule has 4 aromatic rings. The standard InChI is InChI=1S/C25H22ClNO.C4H10O.CH2O2/c1-3-21-17(2)15-23-22(25(21)19-9-11-20(26)12-10-19)13-14-24(28)27(23)16-18-7-5-4-6-8-18;1-4(2,3)5;2-1-3/h4-15H,3,16H2,1-2H3;5H,1-3H3;1H,(H,2,3). The zero-order valence-electron chi connectivity index (χ0n) is 21.5. The number of nitrogens with zero attached hydrogens (tertiary/aromatic N) is 1. The van der Waals surface area contributed by atoms with Gasteiger partial charge in [0.2, 0.25) is 0 Å². The minimum Gasteiger partial charge on any atom is -0.483 e. The second-order valence-corrected chi connectivity index (χ2v) is 9.80. The average molecular weight is 508 g/mol. The summed E-state index contributed by atoms with van der Waals surface area (Å²) in [6.07, 6.45) is 0.928. The van der Waals surface area contributed by atoms with E-state index in [0.29, 0.717) is 6.54 Å². The molecule has 0 amide bonds. The van der Waals surface area contributed by atoms with Gasteiger partial charge in [-0.2, -0.15) is 0 Å². The largest absolute Gasteiger partial charge is 0.483 e. The maximum absolute atomic E-state index is 12.7. The maximum atomic E-state index is 12.7. The van der Waals surface area contributed by atoms with Crippen LogP contribution in [0.3, 0.4) is 0 Å². The highest BCUT2D eigenvalue weighted by atomic mass is 35.5. The molecule has 0 radical (unpaired) electrons. The number of rotatable bonds is 4. The van der Waals surface area contributed by atoms with Crippen LogP contribution in [0.5, 0.6) is 0 Å². The van der Waals surface area contributed by atoms with Crippen molar-refractivity contribution in [3.8, 4) is 11.1 Å². The third kappa shape index (κ3) is 8.08. The van der Waals surface area contributed by atoms with E-state index in [1.807, 2.05) is 41.0 Å². The fraction of sp³-hybridized carbons (Fsp3) is 0.267. The van der Waals surface area contributed by atoms with Gasteiger partial charge >= 0.3 is 0 Å². The van der Waals surface area contributed by atoms with Gasteiger partial charge in [0, 0.05) is 16.5 Å². The van der Waals surface area contributed by atoms with Crippen molar-refractivity contribution in [3.63, 3.8) is 0 Å². The molecule has 6 heteroatoms. The van der Waals surface area contributed by atoms with E-state index in [0.717, 1.165) is 33.5 Å². The lowest BCUT2D eigenvalue weighted by molar-refractivity contribution is -0.122. The normalized spacial score (nSPS) is 10.6. The molecule has 0 saturated heterocycles. The van der Waals surface area contributed by atoms with Gasteiger partial charge in [0.05, 0.1) is 17.7 Å². The van der Waals surface area contributed by atoms with Crippen molar-refractivity contribution >= 4 is 29.0 Å². The smallest absolute Gasteiger partial charge is 0.290 e. The maximum Gasteiger partial charge on any atom is 0.290 e. The lowest BCUT2D eigenvalue weighted by Crippen LogP contribution is -2.20. The Morgan fingerprint density at radius 3 is 2.06 bits per heavy atom. The molecular formula is C30H34ClNO4. The third-order valence-electron chi connectivity index (χ3n) is 5.30. The molecule has 0 saturated carbocycles. The van der Waals surface area contributed by atoms with Crippen molar-refractivity contribution in [3.05, 3.63) is 105 Å². The first-order valence-corrected chi connectivity index (χ1v) is 12.1. The van der Waals surface area contributed by atoms with Crippen LogP contribution in [0, 0.1) is 6.92 Å². The molecule has 36 heavy (non-hydrogen) atoms. The average Bonchev–Trinajstić information content (AvgIpc) is 2.81. The molecule has 5 nitrogen and oxygen atoms in total.